The van der Waals surface area contributed by atoms with Gasteiger partial charge in [0.2, 0.25) is 5.91 Å². The fourth-order valence-corrected chi connectivity index (χ4v) is 4.17. The van der Waals surface area contributed by atoms with E-state index in [1.807, 2.05) is 30.4 Å². The molecule has 0 aromatic heterocycles. The van der Waals surface area contributed by atoms with Crippen LogP contribution >= 0.6 is 23.5 Å². The summed E-state index contributed by atoms with van der Waals surface area (Å²) in [6.07, 6.45) is 2.45. The Bertz CT molecular complexity index is 206. The van der Waals surface area contributed by atoms with E-state index in [0.29, 0.717) is 11.7 Å². The Morgan fingerprint density at radius 1 is 1.56 bits per heavy atom. The molecule has 94 valence electrons. The number of rotatable bonds is 6. The van der Waals surface area contributed by atoms with Crippen molar-refractivity contribution in [3.8, 4) is 0 Å². The first-order chi connectivity index (χ1) is 7.68. The molecular formula is C11H22N2OS2. The lowest BCUT2D eigenvalue weighted by atomic mass is 10.1. The van der Waals surface area contributed by atoms with Crippen LogP contribution in [0.4, 0.5) is 0 Å². The molecule has 0 saturated carbocycles. The van der Waals surface area contributed by atoms with E-state index in [1.165, 1.54) is 17.3 Å². The van der Waals surface area contributed by atoms with Gasteiger partial charge < -0.3 is 11.1 Å². The minimum atomic E-state index is 0.178. The molecule has 0 bridgehead atoms. The van der Waals surface area contributed by atoms with E-state index in [1.54, 1.807) is 0 Å². The number of amides is 1. The Labute approximate surface area is 107 Å². The summed E-state index contributed by atoms with van der Waals surface area (Å²) < 4.78 is 0. The Morgan fingerprint density at radius 3 is 3.00 bits per heavy atom. The summed E-state index contributed by atoms with van der Waals surface area (Å²) in [5, 5.41) is 3.62. The van der Waals surface area contributed by atoms with Gasteiger partial charge in [0.25, 0.3) is 0 Å². The highest BCUT2D eigenvalue weighted by atomic mass is 32.2. The molecule has 1 rings (SSSR count). The predicted molar refractivity (Wildman–Crippen MR) is 74.1 cm³/mol. The van der Waals surface area contributed by atoms with Crippen LogP contribution in [0.25, 0.3) is 0 Å². The number of carbonyl (C=O) groups excluding carboxylic acids is 1. The first-order valence-corrected chi connectivity index (χ1v) is 8.10. The van der Waals surface area contributed by atoms with Crippen LogP contribution in [0.2, 0.25) is 0 Å². The maximum atomic E-state index is 11.5. The molecule has 1 aliphatic heterocycles. The van der Waals surface area contributed by atoms with E-state index in [-0.39, 0.29) is 11.9 Å². The second-order valence-electron chi connectivity index (χ2n) is 4.24. The van der Waals surface area contributed by atoms with Gasteiger partial charge in [-0.1, -0.05) is 0 Å². The zero-order valence-corrected chi connectivity index (χ0v) is 11.5. The van der Waals surface area contributed by atoms with Crippen molar-refractivity contribution in [2.45, 2.75) is 37.5 Å². The van der Waals surface area contributed by atoms with E-state index in [4.69, 9.17) is 5.73 Å². The van der Waals surface area contributed by atoms with Crippen molar-refractivity contribution >= 4 is 29.4 Å². The highest BCUT2D eigenvalue weighted by molar-refractivity contribution is 8.06. The molecule has 5 heteroatoms. The fraction of sp³-hybridized carbons (Fsp3) is 0.909. The SMILES string of the molecule is CC(N)CCCC(=O)NCC1CSCCS1. The average Bonchev–Trinajstić information content (AvgIpc) is 2.27. The second kappa shape index (κ2) is 8.25. The van der Waals surface area contributed by atoms with Gasteiger partial charge in [0.05, 0.1) is 0 Å². The largest absolute Gasteiger partial charge is 0.355 e. The van der Waals surface area contributed by atoms with Crippen LogP contribution in [-0.2, 0) is 4.79 Å². The third-order valence-corrected chi connectivity index (χ3v) is 5.32. The number of hydrogen-bond acceptors (Lipinski definition) is 4. The van der Waals surface area contributed by atoms with Gasteiger partial charge in [-0.25, -0.2) is 0 Å². The van der Waals surface area contributed by atoms with E-state index >= 15 is 0 Å². The lowest BCUT2D eigenvalue weighted by Crippen LogP contribution is -2.33. The fourth-order valence-electron chi connectivity index (χ4n) is 1.56. The number of nitrogens with two attached hydrogens (primary N) is 1. The topological polar surface area (TPSA) is 55.1 Å². The van der Waals surface area contributed by atoms with Crippen molar-refractivity contribution in [2.75, 3.05) is 23.8 Å². The molecule has 2 unspecified atom stereocenters. The lowest BCUT2D eigenvalue weighted by Gasteiger charge is -2.21. The van der Waals surface area contributed by atoms with Crippen molar-refractivity contribution in [1.82, 2.24) is 5.32 Å². The molecule has 1 fully saturated rings. The van der Waals surface area contributed by atoms with E-state index < -0.39 is 0 Å². The third-order valence-electron chi connectivity index (χ3n) is 2.48. The van der Waals surface area contributed by atoms with Gasteiger partial charge in [-0.2, -0.15) is 23.5 Å². The molecule has 1 saturated heterocycles. The molecule has 3 N–H and O–H groups in total. The summed E-state index contributed by atoms with van der Waals surface area (Å²) in [6.45, 7) is 2.81. The molecule has 1 amide bonds. The van der Waals surface area contributed by atoms with Crippen LogP contribution in [-0.4, -0.2) is 41.0 Å². The predicted octanol–water partition coefficient (Wildman–Crippen LogP) is 1.47. The van der Waals surface area contributed by atoms with E-state index in [9.17, 15) is 4.79 Å². The summed E-state index contributed by atoms with van der Waals surface area (Å²) in [6, 6.07) is 0.207. The summed E-state index contributed by atoms with van der Waals surface area (Å²) >= 11 is 3.97. The molecule has 2 atom stereocenters. The molecule has 3 nitrogen and oxygen atoms in total. The summed E-state index contributed by atoms with van der Waals surface area (Å²) in [7, 11) is 0. The van der Waals surface area contributed by atoms with Gasteiger partial charge in [-0.05, 0) is 19.8 Å². The third kappa shape index (κ3) is 6.66. The van der Waals surface area contributed by atoms with Crippen LogP contribution in [0, 0.1) is 0 Å². The summed E-state index contributed by atoms with van der Waals surface area (Å²) in [4.78, 5) is 11.5. The zero-order valence-electron chi connectivity index (χ0n) is 9.91. The Kier molecular flexibility index (Phi) is 7.32. The highest BCUT2D eigenvalue weighted by Crippen LogP contribution is 2.23. The van der Waals surface area contributed by atoms with Crippen molar-refractivity contribution in [2.24, 2.45) is 5.73 Å². The lowest BCUT2D eigenvalue weighted by molar-refractivity contribution is -0.121. The van der Waals surface area contributed by atoms with Gasteiger partial charge in [0.15, 0.2) is 0 Å². The van der Waals surface area contributed by atoms with Gasteiger partial charge in [0, 0.05) is 41.5 Å². The summed E-state index contributed by atoms with van der Waals surface area (Å²) in [5.41, 5.74) is 5.63. The maximum Gasteiger partial charge on any atom is 0.220 e. The van der Waals surface area contributed by atoms with Crippen LogP contribution in [0.3, 0.4) is 0 Å². The number of carbonyl (C=O) groups is 1. The Balaban J connectivity index is 2.00. The number of hydrogen-bond donors (Lipinski definition) is 2. The van der Waals surface area contributed by atoms with Crippen molar-refractivity contribution in [3.63, 3.8) is 0 Å². The van der Waals surface area contributed by atoms with Gasteiger partial charge in [-0.15, -0.1) is 0 Å². The van der Waals surface area contributed by atoms with Crippen molar-refractivity contribution in [3.05, 3.63) is 0 Å². The average molecular weight is 262 g/mol. The molecule has 1 heterocycles. The molecule has 1 aliphatic rings. The van der Waals surface area contributed by atoms with E-state index in [2.05, 4.69) is 5.32 Å². The molecule has 0 aromatic carbocycles. The minimum absolute atomic E-state index is 0.178. The van der Waals surface area contributed by atoms with Crippen LogP contribution < -0.4 is 11.1 Å². The zero-order chi connectivity index (χ0) is 11.8. The van der Waals surface area contributed by atoms with Crippen LogP contribution in [0.5, 0.6) is 0 Å². The second-order valence-corrected chi connectivity index (χ2v) is 6.80. The first kappa shape index (κ1) is 14.2. The van der Waals surface area contributed by atoms with Crippen molar-refractivity contribution in [1.29, 1.82) is 0 Å². The molecule has 0 radical (unpaired) electrons. The quantitative estimate of drug-likeness (QED) is 0.761. The minimum Gasteiger partial charge on any atom is -0.355 e. The Hall–Kier alpha value is 0.130. The molecular weight excluding hydrogens is 240 g/mol. The molecule has 0 aliphatic carbocycles. The van der Waals surface area contributed by atoms with Gasteiger partial charge in [0.1, 0.15) is 0 Å². The smallest absolute Gasteiger partial charge is 0.220 e. The van der Waals surface area contributed by atoms with Crippen molar-refractivity contribution < 1.29 is 4.79 Å². The van der Waals surface area contributed by atoms with E-state index in [0.717, 1.165) is 19.4 Å². The van der Waals surface area contributed by atoms with Gasteiger partial charge in [-0.3, -0.25) is 4.79 Å². The number of nitrogens with one attached hydrogen (secondary N) is 1. The van der Waals surface area contributed by atoms with Crippen LogP contribution in [0.15, 0.2) is 0 Å². The number of thioether (sulfide) groups is 2. The summed E-state index contributed by atoms with van der Waals surface area (Å²) in [5.74, 6) is 3.82. The van der Waals surface area contributed by atoms with Gasteiger partial charge >= 0.3 is 0 Å². The molecule has 16 heavy (non-hydrogen) atoms. The normalized spacial score (nSPS) is 22.8. The molecule has 0 spiro atoms. The van der Waals surface area contributed by atoms with Crippen LogP contribution in [0.1, 0.15) is 26.2 Å². The Morgan fingerprint density at radius 2 is 2.38 bits per heavy atom. The monoisotopic (exact) mass is 262 g/mol. The first-order valence-electron chi connectivity index (χ1n) is 5.90. The molecule has 0 aromatic rings. The standard InChI is InChI=1S/C11H22N2OS2/c1-9(12)3-2-4-11(14)13-7-10-8-15-5-6-16-10/h9-10H,2-8,12H2,1H3,(H,13,14). The highest BCUT2D eigenvalue weighted by Gasteiger charge is 2.14. The maximum absolute atomic E-state index is 11.5.